The number of sulfonamides is 1. The summed E-state index contributed by atoms with van der Waals surface area (Å²) in [6, 6.07) is 15.1. The molecule has 0 heterocycles. The zero-order valence-corrected chi connectivity index (χ0v) is 18.1. The Hall–Kier alpha value is -3.63. The highest BCUT2D eigenvalue weighted by Crippen LogP contribution is 2.20. The van der Waals surface area contributed by atoms with Gasteiger partial charge in [0.25, 0.3) is 21.8 Å². The Morgan fingerprint density at radius 2 is 1.59 bits per heavy atom. The number of hydrogen-bond donors (Lipinski definition) is 3. The third-order valence-corrected chi connectivity index (χ3v) is 5.92. The Labute approximate surface area is 188 Å². The summed E-state index contributed by atoms with van der Waals surface area (Å²) in [5.41, 5.74) is 3.96. The van der Waals surface area contributed by atoms with Crippen molar-refractivity contribution in [2.24, 2.45) is 0 Å². The second-order valence-electron chi connectivity index (χ2n) is 6.37. The van der Waals surface area contributed by atoms with Crippen molar-refractivity contribution >= 4 is 39.1 Å². The van der Waals surface area contributed by atoms with E-state index in [9.17, 15) is 22.4 Å². The van der Waals surface area contributed by atoms with Gasteiger partial charge in [-0.3, -0.25) is 25.2 Å². The van der Waals surface area contributed by atoms with Gasteiger partial charge in [-0.1, -0.05) is 23.7 Å². The fourth-order valence-electron chi connectivity index (χ4n) is 2.64. The first-order chi connectivity index (χ1) is 15.2. The summed E-state index contributed by atoms with van der Waals surface area (Å²) in [5.74, 6) is -2.08. The molecule has 3 aromatic carbocycles. The van der Waals surface area contributed by atoms with Crippen LogP contribution in [-0.4, -0.2) is 27.3 Å². The van der Waals surface area contributed by atoms with Crippen LogP contribution in [0.5, 0.6) is 5.75 Å². The smallest absolute Gasteiger partial charge is 0.274 e. The molecule has 3 aromatic rings. The van der Waals surface area contributed by atoms with Crippen LogP contribution in [0.15, 0.2) is 71.6 Å². The van der Waals surface area contributed by atoms with Gasteiger partial charge in [0.2, 0.25) is 0 Å². The standard InChI is InChI=1S/C21H17ClFN3O5S/c1-31-15-10-8-14(9-11-15)26-32(29,30)16-5-2-4-13(12-16)20(27)24-25-21(28)19-17(22)6-3-7-18(19)23/h2-12,26H,1H3,(H,24,27)(H,25,28). The van der Waals surface area contributed by atoms with Gasteiger partial charge in [-0.05, 0) is 54.6 Å². The third kappa shape index (κ3) is 5.34. The van der Waals surface area contributed by atoms with Crippen molar-refractivity contribution in [1.29, 1.82) is 0 Å². The molecule has 2 amide bonds. The summed E-state index contributed by atoms with van der Waals surface area (Å²) in [7, 11) is -2.51. The fraction of sp³-hybridized carbons (Fsp3) is 0.0476. The maximum atomic E-state index is 13.8. The van der Waals surface area contributed by atoms with E-state index in [0.29, 0.717) is 11.4 Å². The van der Waals surface area contributed by atoms with Crippen molar-refractivity contribution in [2.75, 3.05) is 11.8 Å². The lowest BCUT2D eigenvalue weighted by Gasteiger charge is -2.11. The van der Waals surface area contributed by atoms with Gasteiger partial charge in [0.1, 0.15) is 11.6 Å². The zero-order valence-electron chi connectivity index (χ0n) is 16.6. The summed E-state index contributed by atoms with van der Waals surface area (Å²) in [5, 5.41) is -0.130. The molecule has 0 bridgehead atoms. The maximum absolute atomic E-state index is 13.8. The molecule has 0 fully saturated rings. The highest BCUT2D eigenvalue weighted by atomic mass is 35.5. The molecule has 3 rings (SSSR count). The number of amides is 2. The van der Waals surface area contributed by atoms with Crippen LogP contribution in [0.1, 0.15) is 20.7 Å². The van der Waals surface area contributed by atoms with Crippen LogP contribution in [0.25, 0.3) is 0 Å². The number of methoxy groups -OCH3 is 1. The molecule has 0 saturated carbocycles. The Morgan fingerprint density at radius 3 is 2.25 bits per heavy atom. The largest absolute Gasteiger partial charge is 0.497 e. The molecule has 11 heteroatoms. The molecule has 0 atom stereocenters. The van der Waals surface area contributed by atoms with Crippen molar-refractivity contribution < 1.29 is 27.1 Å². The van der Waals surface area contributed by atoms with Gasteiger partial charge in [-0.15, -0.1) is 0 Å². The lowest BCUT2D eigenvalue weighted by molar-refractivity contribution is 0.0844. The van der Waals surface area contributed by atoms with Crippen LogP contribution in [0.2, 0.25) is 5.02 Å². The molecule has 0 radical (unpaired) electrons. The number of nitrogens with one attached hydrogen (secondary N) is 3. The quantitative estimate of drug-likeness (QED) is 0.471. The molecule has 8 nitrogen and oxygen atoms in total. The predicted octanol–water partition coefficient (Wildman–Crippen LogP) is 3.36. The number of carbonyl (C=O) groups excluding carboxylic acids is 2. The summed E-state index contributed by atoms with van der Waals surface area (Å²) < 4.78 is 46.6. The number of hydrogen-bond acceptors (Lipinski definition) is 5. The van der Waals surface area contributed by atoms with E-state index in [2.05, 4.69) is 10.1 Å². The summed E-state index contributed by atoms with van der Waals surface area (Å²) >= 11 is 5.82. The van der Waals surface area contributed by atoms with E-state index in [0.717, 1.165) is 12.1 Å². The van der Waals surface area contributed by atoms with Crippen LogP contribution in [0.3, 0.4) is 0 Å². The fourth-order valence-corrected chi connectivity index (χ4v) is 3.99. The second-order valence-corrected chi connectivity index (χ2v) is 8.46. The molecule has 32 heavy (non-hydrogen) atoms. The monoisotopic (exact) mass is 477 g/mol. The van der Waals surface area contributed by atoms with Crippen LogP contribution in [-0.2, 0) is 10.0 Å². The van der Waals surface area contributed by atoms with E-state index in [4.69, 9.17) is 16.3 Å². The van der Waals surface area contributed by atoms with E-state index in [1.54, 1.807) is 12.1 Å². The molecular weight excluding hydrogens is 461 g/mol. The van der Waals surface area contributed by atoms with Gasteiger partial charge in [0, 0.05) is 11.3 Å². The molecule has 0 aliphatic carbocycles. The van der Waals surface area contributed by atoms with Crippen molar-refractivity contribution in [1.82, 2.24) is 10.9 Å². The summed E-state index contributed by atoms with van der Waals surface area (Å²) in [6.07, 6.45) is 0. The number of halogens is 2. The van der Waals surface area contributed by atoms with E-state index in [-0.39, 0.29) is 15.5 Å². The van der Waals surface area contributed by atoms with Gasteiger partial charge in [0.05, 0.1) is 22.6 Å². The second kappa shape index (κ2) is 9.67. The number of rotatable bonds is 6. The molecule has 0 aliphatic heterocycles. The number of carbonyl (C=O) groups is 2. The van der Waals surface area contributed by atoms with E-state index in [1.807, 2.05) is 5.43 Å². The van der Waals surface area contributed by atoms with Gasteiger partial charge < -0.3 is 4.74 Å². The van der Waals surface area contributed by atoms with Crippen LogP contribution in [0.4, 0.5) is 10.1 Å². The molecule has 3 N–H and O–H groups in total. The normalized spacial score (nSPS) is 10.8. The average molecular weight is 478 g/mol. The number of benzene rings is 3. The molecule has 0 unspecified atom stereocenters. The van der Waals surface area contributed by atoms with E-state index >= 15 is 0 Å². The topological polar surface area (TPSA) is 114 Å². The van der Waals surface area contributed by atoms with Crippen molar-refractivity contribution in [3.63, 3.8) is 0 Å². The van der Waals surface area contributed by atoms with Crippen molar-refractivity contribution in [3.8, 4) is 5.75 Å². The Morgan fingerprint density at radius 1 is 0.938 bits per heavy atom. The zero-order chi connectivity index (χ0) is 23.3. The minimum atomic E-state index is -4.00. The molecular formula is C21H17ClFN3O5S. The first-order valence-electron chi connectivity index (χ1n) is 9.03. The molecule has 0 saturated heterocycles. The Bertz CT molecular complexity index is 1250. The van der Waals surface area contributed by atoms with Gasteiger partial charge in [-0.25, -0.2) is 12.8 Å². The average Bonchev–Trinajstić information content (AvgIpc) is 2.77. The first-order valence-corrected chi connectivity index (χ1v) is 10.9. The number of anilines is 1. The summed E-state index contributed by atoms with van der Waals surface area (Å²) in [4.78, 5) is 24.3. The van der Waals surface area contributed by atoms with Gasteiger partial charge in [0.15, 0.2) is 0 Å². The Kier molecular flexibility index (Phi) is 6.96. The van der Waals surface area contributed by atoms with Gasteiger partial charge >= 0.3 is 0 Å². The molecule has 166 valence electrons. The van der Waals surface area contributed by atoms with Gasteiger partial charge in [-0.2, -0.15) is 0 Å². The van der Waals surface area contributed by atoms with Crippen molar-refractivity contribution in [3.05, 3.63) is 88.7 Å². The number of hydrazine groups is 1. The highest BCUT2D eigenvalue weighted by Gasteiger charge is 2.19. The molecule has 0 aromatic heterocycles. The Balaban J connectivity index is 1.71. The maximum Gasteiger partial charge on any atom is 0.274 e. The third-order valence-electron chi connectivity index (χ3n) is 4.23. The van der Waals surface area contributed by atoms with Crippen LogP contribution in [0, 0.1) is 5.82 Å². The molecule has 0 spiro atoms. The van der Waals surface area contributed by atoms with Crippen LogP contribution >= 0.6 is 11.6 Å². The first kappa shape index (κ1) is 23.0. The predicted molar refractivity (Wildman–Crippen MR) is 117 cm³/mol. The van der Waals surface area contributed by atoms with E-state index in [1.165, 1.54) is 49.6 Å². The van der Waals surface area contributed by atoms with Crippen molar-refractivity contribution in [2.45, 2.75) is 4.90 Å². The van der Waals surface area contributed by atoms with E-state index < -0.39 is 33.2 Å². The lowest BCUT2D eigenvalue weighted by atomic mass is 10.2. The minimum absolute atomic E-state index is 0.0532. The number of ether oxygens (including phenoxy) is 1. The lowest BCUT2D eigenvalue weighted by Crippen LogP contribution is -2.42. The highest BCUT2D eigenvalue weighted by molar-refractivity contribution is 7.92. The summed E-state index contributed by atoms with van der Waals surface area (Å²) in [6.45, 7) is 0. The SMILES string of the molecule is COc1ccc(NS(=O)(=O)c2cccc(C(=O)NNC(=O)c3c(F)cccc3Cl)c2)cc1. The van der Waals surface area contributed by atoms with Crippen LogP contribution < -0.4 is 20.3 Å². The minimum Gasteiger partial charge on any atom is -0.497 e. The molecule has 0 aliphatic rings.